The molecule has 7 heteroatoms. The molecule has 0 unspecified atom stereocenters. The minimum atomic E-state index is -1.06. The number of hydrogen-bond acceptors (Lipinski definition) is 4. The van der Waals surface area contributed by atoms with Crippen LogP contribution >= 0.6 is 11.3 Å². The number of carbonyl (C=O) groups excluding carboxylic acids is 3. The maximum absolute atomic E-state index is 13.6. The summed E-state index contributed by atoms with van der Waals surface area (Å²) < 4.78 is 0. The average molecular weight is 474 g/mol. The van der Waals surface area contributed by atoms with Gasteiger partial charge in [-0.25, -0.2) is 4.79 Å². The normalized spacial score (nSPS) is 19.2. The number of rotatable bonds is 7. The zero-order valence-electron chi connectivity index (χ0n) is 18.9. The first-order valence-electron chi connectivity index (χ1n) is 11.6. The second kappa shape index (κ2) is 9.43. The van der Waals surface area contributed by atoms with Crippen LogP contribution < -0.4 is 5.32 Å². The number of imide groups is 1. The third-order valence-electron chi connectivity index (χ3n) is 6.74. The van der Waals surface area contributed by atoms with Gasteiger partial charge in [0.2, 0.25) is 5.91 Å². The Morgan fingerprint density at radius 3 is 2.62 bits per heavy atom. The van der Waals surface area contributed by atoms with E-state index in [0.29, 0.717) is 25.9 Å². The maximum atomic E-state index is 13.6. The summed E-state index contributed by atoms with van der Waals surface area (Å²) in [5.41, 5.74) is 2.01. The number of carbonyl (C=O) groups is 3. The number of amides is 4. The fourth-order valence-electron chi connectivity index (χ4n) is 4.98. The Morgan fingerprint density at radius 2 is 1.82 bits per heavy atom. The molecule has 1 saturated heterocycles. The lowest BCUT2D eigenvalue weighted by atomic mass is 9.76. The van der Waals surface area contributed by atoms with Gasteiger partial charge in [0, 0.05) is 11.4 Å². The van der Waals surface area contributed by atoms with Gasteiger partial charge in [0.15, 0.2) is 0 Å². The van der Waals surface area contributed by atoms with Crippen LogP contribution in [0.5, 0.6) is 0 Å². The Balaban J connectivity index is 1.34. The van der Waals surface area contributed by atoms with Crippen molar-refractivity contribution in [1.29, 1.82) is 0 Å². The van der Waals surface area contributed by atoms with Crippen LogP contribution in [-0.2, 0) is 34.5 Å². The van der Waals surface area contributed by atoms with Crippen molar-refractivity contribution >= 4 is 29.2 Å². The van der Waals surface area contributed by atoms with Crippen molar-refractivity contribution in [2.75, 3.05) is 13.1 Å². The van der Waals surface area contributed by atoms with E-state index in [1.54, 1.807) is 16.2 Å². The lowest BCUT2D eigenvalue weighted by molar-refractivity contribution is -0.139. The van der Waals surface area contributed by atoms with E-state index in [0.717, 1.165) is 39.3 Å². The summed E-state index contributed by atoms with van der Waals surface area (Å²) in [5, 5.41) is 4.92. The van der Waals surface area contributed by atoms with Crippen LogP contribution in [0.15, 0.2) is 72.1 Å². The third kappa shape index (κ3) is 4.23. The smallest absolute Gasteiger partial charge is 0.325 e. The molecule has 0 bridgehead atoms. The highest BCUT2D eigenvalue weighted by molar-refractivity contribution is 7.09. The van der Waals surface area contributed by atoms with Crippen molar-refractivity contribution in [3.63, 3.8) is 0 Å². The third-order valence-corrected chi connectivity index (χ3v) is 7.60. The fraction of sp³-hybridized carbons (Fsp3) is 0.296. The molecule has 5 rings (SSSR count). The number of aryl methyl sites for hydroxylation is 1. The van der Waals surface area contributed by atoms with Gasteiger partial charge >= 0.3 is 6.03 Å². The van der Waals surface area contributed by atoms with Crippen molar-refractivity contribution in [2.45, 2.75) is 37.8 Å². The van der Waals surface area contributed by atoms with Crippen LogP contribution in [0.3, 0.4) is 0 Å². The second-order valence-electron chi connectivity index (χ2n) is 8.87. The van der Waals surface area contributed by atoms with Gasteiger partial charge in [-0.2, -0.15) is 0 Å². The Kier molecular flexibility index (Phi) is 6.20. The molecule has 2 aliphatic rings. The number of thiophene rings is 1. The minimum absolute atomic E-state index is 0.228. The first kappa shape index (κ1) is 22.3. The van der Waals surface area contributed by atoms with E-state index in [4.69, 9.17) is 0 Å². The van der Waals surface area contributed by atoms with E-state index < -0.39 is 11.6 Å². The molecule has 174 valence electrons. The highest BCUT2D eigenvalue weighted by Crippen LogP contribution is 2.39. The molecule has 1 N–H and O–H groups in total. The molecule has 4 amide bonds. The van der Waals surface area contributed by atoms with Crippen LogP contribution in [0.1, 0.15) is 34.4 Å². The first-order valence-corrected chi connectivity index (χ1v) is 12.5. The van der Waals surface area contributed by atoms with Crippen LogP contribution in [0.25, 0.3) is 0 Å². The van der Waals surface area contributed by atoms with Gasteiger partial charge in [-0.1, -0.05) is 60.7 Å². The molecule has 1 aromatic heterocycles. The highest BCUT2D eigenvalue weighted by Gasteiger charge is 2.54. The summed E-state index contributed by atoms with van der Waals surface area (Å²) in [6.07, 6.45) is 2.95. The molecule has 34 heavy (non-hydrogen) atoms. The van der Waals surface area contributed by atoms with Crippen molar-refractivity contribution in [2.24, 2.45) is 0 Å². The summed E-state index contributed by atoms with van der Waals surface area (Å²) >= 11 is 1.59. The topological polar surface area (TPSA) is 69.7 Å². The Labute approximate surface area is 203 Å². The summed E-state index contributed by atoms with van der Waals surface area (Å²) in [7, 11) is 0. The monoisotopic (exact) mass is 473 g/mol. The predicted octanol–water partition coefficient (Wildman–Crippen LogP) is 4.10. The molecule has 1 aliphatic heterocycles. The summed E-state index contributed by atoms with van der Waals surface area (Å²) in [6, 6.07) is 21.2. The standard InChI is InChI=1S/C27H27N3O3S/c31-24(29(18-22-12-7-17-34-22)16-14-20-8-2-1-3-9-20)19-30-25(32)27(28-26(30)33)15-6-11-21-10-4-5-13-23(21)27/h1-5,7-10,12-13,17H,6,11,14-16,18-19H2,(H,28,33)/t27-/m0/s1. The van der Waals surface area contributed by atoms with E-state index in [1.807, 2.05) is 72.1 Å². The molecule has 1 atom stereocenters. The molecule has 6 nitrogen and oxygen atoms in total. The lowest BCUT2D eigenvalue weighted by Gasteiger charge is -2.33. The Hall–Kier alpha value is -3.45. The zero-order chi connectivity index (χ0) is 23.5. The molecule has 0 saturated carbocycles. The van der Waals surface area contributed by atoms with Gasteiger partial charge in [-0.15, -0.1) is 11.3 Å². The van der Waals surface area contributed by atoms with Crippen LogP contribution in [0, 0.1) is 0 Å². The van der Waals surface area contributed by atoms with E-state index >= 15 is 0 Å². The van der Waals surface area contributed by atoms with Crippen LogP contribution in [0.4, 0.5) is 4.79 Å². The minimum Gasteiger partial charge on any atom is -0.336 e. The summed E-state index contributed by atoms with van der Waals surface area (Å²) in [5.74, 6) is -0.550. The van der Waals surface area contributed by atoms with Gasteiger partial charge in [-0.05, 0) is 53.8 Å². The van der Waals surface area contributed by atoms with Crippen LogP contribution in [-0.4, -0.2) is 40.7 Å². The number of fused-ring (bicyclic) bond motifs is 2. The fourth-order valence-corrected chi connectivity index (χ4v) is 5.70. The van der Waals surface area contributed by atoms with Gasteiger partial charge < -0.3 is 10.2 Å². The van der Waals surface area contributed by atoms with Crippen molar-refractivity contribution in [3.8, 4) is 0 Å². The molecule has 1 aliphatic carbocycles. The van der Waals surface area contributed by atoms with E-state index in [2.05, 4.69) is 5.32 Å². The summed E-state index contributed by atoms with van der Waals surface area (Å²) in [6.45, 7) is 0.716. The lowest BCUT2D eigenvalue weighted by Crippen LogP contribution is -2.47. The quantitative estimate of drug-likeness (QED) is 0.525. The molecule has 1 fully saturated rings. The maximum Gasteiger partial charge on any atom is 0.325 e. The number of nitrogens with one attached hydrogen (secondary N) is 1. The first-order chi connectivity index (χ1) is 16.6. The number of nitrogens with zero attached hydrogens (tertiary/aromatic N) is 2. The SMILES string of the molecule is O=C(CN1C(=O)N[C@]2(CCCc3ccccc32)C1=O)N(CCc1ccccc1)Cc1cccs1. The molecular weight excluding hydrogens is 446 g/mol. The van der Waals surface area contributed by atoms with Gasteiger partial charge in [0.25, 0.3) is 5.91 Å². The number of urea groups is 1. The summed E-state index contributed by atoms with van der Waals surface area (Å²) in [4.78, 5) is 43.9. The zero-order valence-corrected chi connectivity index (χ0v) is 19.7. The van der Waals surface area contributed by atoms with E-state index in [9.17, 15) is 14.4 Å². The molecular formula is C27H27N3O3S. The Morgan fingerprint density at radius 1 is 1.03 bits per heavy atom. The molecule has 3 aromatic rings. The van der Waals surface area contributed by atoms with Crippen LogP contribution in [0.2, 0.25) is 0 Å². The highest BCUT2D eigenvalue weighted by atomic mass is 32.1. The molecule has 0 radical (unpaired) electrons. The van der Waals surface area contributed by atoms with E-state index in [-0.39, 0.29) is 18.4 Å². The molecule has 2 aromatic carbocycles. The van der Waals surface area contributed by atoms with Crippen molar-refractivity contribution < 1.29 is 14.4 Å². The van der Waals surface area contributed by atoms with Crippen molar-refractivity contribution in [1.82, 2.24) is 15.1 Å². The predicted molar refractivity (Wildman–Crippen MR) is 131 cm³/mol. The van der Waals surface area contributed by atoms with Gasteiger partial charge in [0.1, 0.15) is 12.1 Å². The number of benzene rings is 2. The Bertz CT molecular complexity index is 1190. The van der Waals surface area contributed by atoms with E-state index in [1.165, 1.54) is 0 Å². The van der Waals surface area contributed by atoms with Crippen molar-refractivity contribution in [3.05, 3.63) is 93.7 Å². The number of hydrogen-bond donors (Lipinski definition) is 1. The molecule has 2 heterocycles. The van der Waals surface area contributed by atoms with Gasteiger partial charge in [0.05, 0.1) is 6.54 Å². The molecule has 1 spiro atoms. The second-order valence-corrected chi connectivity index (χ2v) is 9.90. The average Bonchev–Trinajstić information content (AvgIpc) is 3.45. The largest absolute Gasteiger partial charge is 0.336 e. The van der Waals surface area contributed by atoms with Gasteiger partial charge in [-0.3, -0.25) is 14.5 Å².